The van der Waals surface area contributed by atoms with E-state index in [1.807, 2.05) is 12.1 Å². The molecule has 0 heterocycles. The normalized spacial score (nSPS) is 7.91. The number of carbonyl (C=O) groups excluding carboxylic acids is 1. The summed E-state index contributed by atoms with van der Waals surface area (Å²) in [6.45, 7) is 1.70. The van der Waals surface area contributed by atoms with E-state index in [4.69, 9.17) is 10.5 Å². The Labute approximate surface area is 65.6 Å². The molecule has 0 spiro atoms. The molecule has 0 bridgehead atoms. The van der Waals surface area contributed by atoms with Crippen LogP contribution in [0, 0.1) is 22.7 Å². The fourth-order valence-electron chi connectivity index (χ4n) is 0.627. The number of nitrogens with zero attached hydrogens (tertiary/aromatic N) is 3. The van der Waals surface area contributed by atoms with Crippen LogP contribution in [0.1, 0.15) is 13.3 Å². The van der Waals surface area contributed by atoms with Crippen molar-refractivity contribution in [2.24, 2.45) is 0 Å². The van der Waals surface area contributed by atoms with Crippen LogP contribution in [0.2, 0.25) is 0 Å². The predicted octanol–water partition coefficient (Wildman–Crippen LogP) is 0.272. The standard InChI is InChI=1S/C7H9N3O/c1-2-7(11)10(5-3-8)6-4-9/h2,5-6H2,1H3. The predicted molar refractivity (Wildman–Crippen MR) is 38.1 cm³/mol. The van der Waals surface area contributed by atoms with Gasteiger partial charge in [0.25, 0.3) is 0 Å². The zero-order valence-electron chi connectivity index (χ0n) is 6.37. The van der Waals surface area contributed by atoms with Crippen molar-refractivity contribution in [3.63, 3.8) is 0 Å². The summed E-state index contributed by atoms with van der Waals surface area (Å²) in [5, 5.41) is 16.5. The van der Waals surface area contributed by atoms with Gasteiger partial charge >= 0.3 is 0 Å². The summed E-state index contributed by atoms with van der Waals surface area (Å²) in [4.78, 5) is 12.1. The number of hydrogen-bond acceptors (Lipinski definition) is 3. The Hall–Kier alpha value is -1.55. The van der Waals surface area contributed by atoms with Crippen molar-refractivity contribution in [2.45, 2.75) is 13.3 Å². The highest BCUT2D eigenvalue weighted by molar-refractivity contribution is 5.76. The van der Waals surface area contributed by atoms with Gasteiger partial charge in [-0.05, 0) is 0 Å². The molecule has 0 saturated heterocycles. The van der Waals surface area contributed by atoms with Crippen molar-refractivity contribution in [3.8, 4) is 12.1 Å². The largest absolute Gasteiger partial charge is 0.316 e. The molecule has 0 saturated carbocycles. The van der Waals surface area contributed by atoms with E-state index in [2.05, 4.69) is 0 Å². The van der Waals surface area contributed by atoms with Crippen LogP contribution in [0.4, 0.5) is 0 Å². The number of carbonyl (C=O) groups is 1. The second-order valence-electron chi connectivity index (χ2n) is 1.92. The van der Waals surface area contributed by atoms with E-state index < -0.39 is 0 Å². The molecule has 0 aromatic heterocycles. The lowest BCUT2D eigenvalue weighted by Crippen LogP contribution is -2.30. The van der Waals surface area contributed by atoms with Crippen LogP contribution in [-0.2, 0) is 4.79 Å². The Morgan fingerprint density at radius 3 is 2.09 bits per heavy atom. The Morgan fingerprint density at radius 1 is 1.36 bits per heavy atom. The van der Waals surface area contributed by atoms with Crippen molar-refractivity contribution >= 4 is 5.91 Å². The summed E-state index contributed by atoms with van der Waals surface area (Å²) in [6, 6.07) is 3.64. The number of nitriles is 2. The lowest BCUT2D eigenvalue weighted by molar-refractivity contribution is -0.129. The molecule has 11 heavy (non-hydrogen) atoms. The molecule has 4 heteroatoms. The molecular formula is C7H9N3O. The van der Waals surface area contributed by atoms with Gasteiger partial charge in [0.05, 0.1) is 12.1 Å². The van der Waals surface area contributed by atoms with Crippen LogP contribution in [0.25, 0.3) is 0 Å². The van der Waals surface area contributed by atoms with Gasteiger partial charge in [-0.1, -0.05) is 6.92 Å². The van der Waals surface area contributed by atoms with Gasteiger partial charge in [-0.3, -0.25) is 4.79 Å². The maximum absolute atomic E-state index is 10.9. The van der Waals surface area contributed by atoms with E-state index in [9.17, 15) is 4.79 Å². The van der Waals surface area contributed by atoms with Gasteiger partial charge < -0.3 is 4.90 Å². The van der Waals surface area contributed by atoms with E-state index in [0.29, 0.717) is 6.42 Å². The highest BCUT2D eigenvalue weighted by Gasteiger charge is 2.08. The van der Waals surface area contributed by atoms with Crippen LogP contribution in [0.3, 0.4) is 0 Å². The van der Waals surface area contributed by atoms with Crippen molar-refractivity contribution in [1.29, 1.82) is 10.5 Å². The SMILES string of the molecule is CCC(=O)N(CC#N)CC#N. The minimum Gasteiger partial charge on any atom is -0.316 e. The van der Waals surface area contributed by atoms with Crippen LogP contribution >= 0.6 is 0 Å². The van der Waals surface area contributed by atoms with Crippen LogP contribution < -0.4 is 0 Å². The summed E-state index contributed by atoms with van der Waals surface area (Å²) in [5.41, 5.74) is 0. The first-order valence-electron chi connectivity index (χ1n) is 3.28. The van der Waals surface area contributed by atoms with E-state index >= 15 is 0 Å². The van der Waals surface area contributed by atoms with Gasteiger partial charge in [0, 0.05) is 6.42 Å². The molecule has 0 rings (SSSR count). The average molecular weight is 151 g/mol. The third-order valence-corrected chi connectivity index (χ3v) is 1.18. The van der Waals surface area contributed by atoms with E-state index in [-0.39, 0.29) is 19.0 Å². The molecule has 0 atom stereocenters. The quantitative estimate of drug-likeness (QED) is 0.544. The first kappa shape index (κ1) is 9.45. The Balaban J connectivity index is 4.02. The molecular weight excluding hydrogens is 142 g/mol. The van der Waals surface area contributed by atoms with Crippen LogP contribution in [0.15, 0.2) is 0 Å². The fraction of sp³-hybridized carbons (Fsp3) is 0.571. The molecule has 0 aromatic rings. The minimum atomic E-state index is -0.159. The van der Waals surface area contributed by atoms with Crippen molar-refractivity contribution in [1.82, 2.24) is 4.90 Å². The third kappa shape index (κ3) is 3.22. The van der Waals surface area contributed by atoms with Crippen LogP contribution in [0.5, 0.6) is 0 Å². The van der Waals surface area contributed by atoms with Gasteiger partial charge in [-0.15, -0.1) is 0 Å². The molecule has 0 unspecified atom stereocenters. The fourth-order valence-corrected chi connectivity index (χ4v) is 0.627. The molecule has 0 fully saturated rings. The van der Waals surface area contributed by atoms with Gasteiger partial charge in [-0.25, -0.2) is 0 Å². The monoisotopic (exact) mass is 151 g/mol. The number of amides is 1. The summed E-state index contributed by atoms with van der Waals surface area (Å²) in [5.74, 6) is -0.159. The van der Waals surface area contributed by atoms with Gasteiger partial charge in [0.2, 0.25) is 5.91 Å². The molecule has 0 aliphatic heterocycles. The van der Waals surface area contributed by atoms with Crippen LogP contribution in [-0.4, -0.2) is 23.9 Å². The Bertz CT molecular complexity index is 195. The highest BCUT2D eigenvalue weighted by Crippen LogP contribution is 1.91. The van der Waals surface area contributed by atoms with Gasteiger partial charge in [-0.2, -0.15) is 10.5 Å². The van der Waals surface area contributed by atoms with Crippen molar-refractivity contribution in [2.75, 3.05) is 13.1 Å². The summed E-state index contributed by atoms with van der Waals surface area (Å²) >= 11 is 0. The average Bonchev–Trinajstić information content (AvgIpc) is 2.03. The molecule has 0 aromatic carbocycles. The molecule has 58 valence electrons. The molecule has 0 N–H and O–H groups in total. The van der Waals surface area contributed by atoms with E-state index in [1.54, 1.807) is 6.92 Å². The van der Waals surface area contributed by atoms with Gasteiger partial charge in [0.15, 0.2) is 0 Å². The van der Waals surface area contributed by atoms with E-state index in [0.717, 1.165) is 0 Å². The third-order valence-electron chi connectivity index (χ3n) is 1.18. The van der Waals surface area contributed by atoms with E-state index in [1.165, 1.54) is 4.90 Å². The molecule has 0 aliphatic carbocycles. The Kier molecular flexibility index (Phi) is 4.51. The lowest BCUT2D eigenvalue weighted by atomic mass is 10.4. The molecule has 0 radical (unpaired) electrons. The maximum Gasteiger partial charge on any atom is 0.224 e. The first-order valence-corrected chi connectivity index (χ1v) is 3.28. The topological polar surface area (TPSA) is 67.9 Å². The van der Waals surface area contributed by atoms with Gasteiger partial charge in [0.1, 0.15) is 13.1 Å². The number of rotatable bonds is 3. The smallest absolute Gasteiger partial charge is 0.224 e. The molecule has 1 amide bonds. The molecule has 4 nitrogen and oxygen atoms in total. The summed E-state index contributed by atoms with van der Waals surface area (Å²) < 4.78 is 0. The minimum absolute atomic E-state index is 0.000231. The second-order valence-corrected chi connectivity index (χ2v) is 1.92. The van der Waals surface area contributed by atoms with Crippen molar-refractivity contribution in [3.05, 3.63) is 0 Å². The van der Waals surface area contributed by atoms with Crippen molar-refractivity contribution < 1.29 is 4.79 Å². The zero-order chi connectivity index (χ0) is 8.69. The molecule has 0 aliphatic rings. The highest BCUT2D eigenvalue weighted by atomic mass is 16.2. The number of hydrogen-bond donors (Lipinski definition) is 0. The Morgan fingerprint density at radius 2 is 1.82 bits per heavy atom. The zero-order valence-corrected chi connectivity index (χ0v) is 6.37. The lowest BCUT2D eigenvalue weighted by Gasteiger charge is -2.13. The second kappa shape index (κ2) is 5.25. The summed E-state index contributed by atoms with van der Waals surface area (Å²) in [7, 11) is 0. The maximum atomic E-state index is 10.9. The first-order chi connectivity index (χ1) is 5.26. The summed E-state index contributed by atoms with van der Waals surface area (Å²) in [6.07, 6.45) is 0.337.